The molecule has 1 unspecified atom stereocenters. The van der Waals surface area contributed by atoms with Crippen molar-refractivity contribution in [1.29, 1.82) is 0 Å². The third kappa shape index (κ3) is 2.99. The molecule has 7 nitrogen and oxygen atoms in total. The molecule has 1 aromatic heterocycles. The van der Waals surface area contributed by atoms with Gasteiger partial charge in [0.2, 0.25) is 0 Å². The minimum Gasteiger partial charge on any atom is -0.365 e. The second-order valence-corrected chi connectivity index (χ2v) is 6.40. The number of aromatic nitrogens is 4. The predicted molar refractivity (Wildman–Crippen MR) is 79.8 cm³/mol. The normalized spacial score (nSPS) is 22.8. The molecule has 1 aromatic rings. The summed E-state index contributed by atoms with van der Waals surface area (Å²) in [4.78, 5) is 12.8. The molecule has 7 heteroatoms. The molecule has 0 saturated heterocycles. The van der Waals surface area contributed by atoms with Gasteiger partial charge in [-0.1, -0.05) is 24.5 Å². The van der Waals surface area contributed by atoms with Crippen LogP contribution < -0.4 is 5.32 Å². The van der Waals surface area contributed by atoms with Crippen LogP contribution >= 0.6 is 0 Å². The number of aromatic amines is 1. The molecule has 1 heterocycles. The van der Waals surface area contributed by atoms with E-state index >= 15 is 0 Å². The summed E-state index contributed by atoms with van der Waals surface area (Å²) in [7, 11) is 0. The number of H-pyrrole nitrogens is 1. The van der Waals surface area contributed by atoms with Crippen LogP contribution in [0, 0.1) is 5.92 Å². The molecular formula is C15H25N5O2. The summed E-state index contributed by atoms with van der Waals surface area (Å²) in [6.07, 6.45) is 8.52. The number of ether oxygens (including phenoxy) is 1. The van der Waals surface area contributed by atoms with Crippen LogP contribution in [0.1, 0.15) is 70.2 Å². The molecule has 2 fully saturated rings. The van der Waals surface area contributed by atoms with Crippen LogP contribution in [0.4, 0.5) is 0 Å². The maximum absolute atomic E-state index is 12.8. The molecule has 122 valence electrons. The van der Waals surface area contributed by atoms with E-state index < -0.39 is 5.60 Å². The van der Waals surface area contributed by atoms with Crippen LogP contribution in [0.5, 0.6) is 0 Å². The molecule has 22 heavy (non-hydrogen) atoms. The summed E-state index contributed by atoms with van der Waals surface area (Å²) in [6, 6.07) is -0.163. The number of amides is 1. The van der Waals surface area contributed by atoms with E-state index in [9.17, 15) is 4.79 Å². The monoisotopic (exact) mass is 307 g/mol. The highest BCUT2D eigenvalue weighted by molar-refractivity contribution is 5.86. The van der Waals surface area contributed by atoms with Gasteiger partial charge in [-0.05, 0) is 44.9 Å². The zero-order chi connectivity index (χ0) is 15.4. The van der Waals surface area contributed by atoms with Crippen molar-refractivity contribution in [2.24, 2.45) is 5.92 Å². The smallest absolute Gasteiger partial charge is 0.252 e. The molecule has 2 saturated carbocycles. The van der Waals surface area contributed by atoms with Crippen molar-refractivity contribution in [3.05, 3.63) is 5.82 Å². The minimum absolute atomic E-state index is 0.0130. The quantitative estimate of drug-likeness (QED) is 0.837. The minimum atomic E-state index is -0.634. The molecule has 0 spiro atoms. The number of nitrogens with zero attached hydrogens (tertiary/aromatic N) is 3. The van der Waals surface area contributed by atoms with Crippen LogP contribution in [-0.2, 0) is 9.53 Å². The lowest BCUT2D eigenvalue weighted by molar-refractivity contribution is -0.160. The highest BCUT2D eigenvalue weighted by Gasteiger charge is 2.46. The summed E-state index contributed by atoms with van der Waals surface area (Å²) in [5.74, 6) is 0.959. The predicted octanol–water partition coefficient (Wildman–Crippen LogP) is 1.90. The first kappa shape index (κ1) is 15.4. The van der Waals surface area contributed by atoms with Crippen LogP contribution in [0.25, 0.3) is 0 Å². The molecule has 2 aliphatic rings. The Hall–Kier alpha value is -1.50. The number of hydrogen-bond donors (Lipinski definition) is 2. The Labute approximate surface area is 130 Å². The highest BCUT2D eigenvalue weighted by atomic mass is 16.5. The largest absolute Gasteiger partial charge is 0.365 e. The maximum Gasteiger partial charge on any atom is 0.252 e. The lowest BCUT2D eigenvalue weighted by Gasteiger charge is -2.41. The molecule has 0 bridgehead atoms. The van der Waals surface area contributed by atoms with Gasteiger partial charge >= 0.3 is 0 Å². The van der Waals surface area contributed by atoms with Crippen molar-refractivity contribution >= 4 is 5.91 Å². The average Bonchev–Trinajstić information content (AvgIpc) is 3.03. The van der Waals surface area contributed by atoms with E-state index in [-0.39, 0.29) is 11.9 Å². The Balaban J connectivity index is 1.73. The lowest BCUT2D eigenvalue weighted by atomic mass is 9.78. The van der Waals surface area contributed by atoms with Crippen molar-refractivity contribution in [2.45, 2.75) is 69.9 Å². The van der Waals surface area contributed by atoms with Gasteiger partial charge in [0, 0.05) is 6.61 Å². The van der Waals surface area contributed by atoms with Crippen LogP contribution in [-0.4, -0.2) is 38.7 Å². The van der Waals surface area contributed by atoms with E-state index in [0.717, 1.165) is 32.1 Å². The number of nitrogens with one attached hydrogen (secondary N) is 2. The molecule has 1 amide bonds. The first-order chi connectivity index (χ1) is 10.7. The Kier molecular flexibility index (Phi) is 4.71. The first-order valence-corrected chi connectivity index (χ1v) is 8.43. The molecule has 2 N–H and O–H groups in total. The van der Waals surface area contributed by atoms with Crippen molar-refractivity contribution in [3.8, 4) is 0 Å². The number of carbonyl (C=O) groups is 1. The fraction of sp³-hybridized carbons (Fsp3) is 0.867. The Morgan fingerprint density at radius 3 is 2.68 bits per heavy atom. The van der Waals surface area contributed by atoms with Gasteiger partial charge in [-0.3, -0.25) is 4.79 Å². The zero-order valence-corrected chi connectivity index (χ0v) is 13.2. The lowest BCUT2D eigenvalue weighted by Crippen LogP contribution is -2.55. The van der Waals surface area contributed by atoms with Gasteiger partial charge in [0.15, 0.2) is 5.82 Å². The molecule has 0 radical (unpaired) electrons. The maximum atomic E-state index is 12.8. The third-order valence-corrected chi connectivity index (χ3v) is 5.04. The first-order valence-electron chi connectivity index (χ1n) is 8.43. The van der Waals surface area contributed by atoms with E-state index in [1.807, 2.05) is 6.92 Å². The van der Waals surface area contributed by atoms with Gasteiger partial charge < -0.3 is 10.1 Å². The SMILES string of the molecule is CCOC1(C(=O)NC(c2nn[nH]n2)C2CCCCC2)CCC1. The van der Waals surface area contributed by atoms with Gasteiger partial charge in [0.1, 0.15) is 5.60 Å². The number of hydrogen-bond acceptors (Lipinski definition) is 5. The summed E-state index contributed by atoms with van der Waals surface area (Å²) >= 11 is 0. The van der Waals surface area contributed by atoms with Crippen LogP contribution in [0.3, 0.4) is 0 Å². The highest BCUT2D eigenvalue weighted by Crippen LogP contribution is 2.38. The summed E-state index contributed by atoms with van der Waals surface area (Å²) in [5, 5.41) is 17.6. The van der Waals surface area contributed by atoms with E-state index in [4.69, 9.17) is 4.74 Å². The van der Waals surface area contributed by atoms with Gasteiger partial charge in [-0.25, -0.2) is 0 Å². The molecule has 0 aromatic carbocycles. The third-order valence-electron chi connectivity index (χ3n) is 5.04. The number of rotatable bonds is 6. The van der Waals surface area contributed by atoms with Gasteiger partial charge in [0.05, 0.1) is 6.04 Å². The second-order valence-electron chi connectivity index (χ2n) is 6.40. The fourth-order valence-electron chi connectivity index (χ4n) is 3.65. The van der Waals surface area contributed by atoms with Gasteiger partial charge in [-0.15, -0.1) is 10.2 Å². The Morgan fingerprint density at radius 2 is 2.14 bits per heavy atom. The summed E-state index contributed by atoms with van der Waals surface area (Å²) in [5.41, 5.74) is -0.634. The van der Waals surface area contributed by atoms with E-state index in [0.29, 0.717) is 18.3 Å². The molecule has 1 atom stereocenters. The second kappa shape index (κ2) is 6.73. The van der Waals surface area contributed by atoms with Crippen molar-refractivity contribution < 1.29 is 9.53 Å². The van der Waals surface area contributed by atoms with E-state index in [2.05, 4.69) is 25.9 Å². The van der Waals surface area contributed by atoms with Crippen LogP contribution in [0.15, 0.2) is 0 Å². The summed E-state index contributed by atoms with van der Waals surface area (Å²) in [6.45, 7) is 2.49. The molecular weight excluding hydrogens is 282 g/mol. The average molecular weight is 307 g/mol. The van der Waals surface area contributed by atoms with Crippen molar-refractivity contribution in [3.63, 3.8) is 0 Å². The van der Waals surface area contributed by atoms with Gasteiger partial charge in [-0.2, -0.15) is 5.21 Å². The fourth-order valence-corrected chi connectivity index (χ4v) is 3.65. The van der Waals surface area contributed by atoms with Crippen molar-refractivity contribution in [1.82, 2.24) is 25.9 Å². The number of tetrazole rings is 1. The standard InChI is InChI=1S/C15H25N5O2/c1-2-22-15(9-6-10-15)14(21)16-12(13-17-19-20-18-13)11-7-4-3-5-8-11/h11-12H,2-10H2,1H3,(H,16,21)(H,17,18,19,20). The Morgan fingerprint density at radius 1 is 1.36 bits per heavy atom. The molecule has 0 aliphatic heterocycles. The van der Waals surface area contributed by atoms with Gasteiger partial charge in [0.25, 0.3) is 5.91 Å². The zero-order valence-electron chi connectivity index (χ0n) is 13.2. The van der Waals surface area contributed by atoms with Crippen LogP contribution in [0.2, 0.25) is 0 Å². The summed E-state index contributed by atoms with van der Waals surface area (Å²) < 4.78 is 5.76. The van der Waals surface area contributed by atoms with E-state index in [1.165, 1.54) is 19.3 Å². The molecule has 2 aliphatic carbocycles. The van der Waals surface area contributed by atoms with E-state index in [1.54, 1.807) is 0 Å². The molecule has 3 rings (SSSR count). The number of carbonyl (C=O) groups excluding carboxylic acids is 1. The topological polar surface area (TPSA) is 92.8 Å². The Bertz CT molecular complexity index is 480. The van der Waals surface area contributed by atoms with Crippen molar-refractivity contribution in [2.75, 3.05) is 6.61 Å².